The molecule has 5 saturated carbocycles. The molecule has 8 rings (SSSR count). The van der Waals surface area contributed by atoms with Gasteiger partial charge in [-0.05, 0) is 106 Å². The van der Waals surface area contributed by atoms with E-state index in [0.29, 0.717) is 35.3 Å². The monoisotopic (exact) mass is 610 g/mol. The lowest BCUT2D eigenvalue weighted by Gasteiger charge is -2.58. The zero-order chi connectivity index (χ0) is 30.6. The average molecular weight is 610 g/mol. The SMILES string of the molecule is CC(C)C[C@@H]1CNC(=N)N1C[C@@H]1CCCN1[C@@H](CC1CCCCC1)N1C[C@@H]([C@@H](C)O)N(CC23CC4CC(CC(C4)C2)C3)C1=N. The van der Waals surface area contributed by atoms with E-state index in [0.717, 1.165) is 69.2 Å². The maximum atomic E-state index is 11.2. The van der Waals surface area contributed by atoms with Gasteiger partial charge in [-0.15, -0.1) is 0 Å². The fourth-order valence-electron chi connectivity index (χ4n) is 11.9. The van der Waals surface area contributed by atoms with Gasteiger partial charge in [-0.25, -0.2) is 0 Å². The quantitative estimate of drug-likeness (QED) is 0.247. The molecule has 5 atom stereocenters. The Balaban J connectivity index is 1.13. The van der Waals surface area contributed by atoms with E-state index >= 15 is 0 Å². The Hall–Kier alpha value is -1.54. The first-order valence-corrected chi connectivity index (χ1v) is 18.8. The maximum absolute atomic E-state index is 11.2. The van der Waals surface area contributed by atoms with Gasteiger partial charge in [0.05, 0.1) is 18.3 Å². The van der Waals surface area contributed by atoms with Crippen LogP contribution < -0.4 is 5.32 Å². The third-order valence-electron chi connectivity index (χ3n) is 13.4. The summed E-state index contributed by atoms with van der Waals surface area (Å²) in [7, 11) is 0. The van der Waals surface area contributed by atoms with E-state index in [4.69, 9.17) is 5.41 Å². The summed E-state index contributed by atoms with van der Waals surface area (Å²) in [5.41, 5.74) is 0.355. The van der Waals surface area contributed by atoms with Crippen LogP contribution in [0.2, 0.25) is 0 Å². The smallest absolute Gasteiger partial charge is 0.195 e. The molecule has 5 aliphatic carbocycles. The lowest BCUT2D eigenvalue weighted by molar-refractivity contribution is -0.0673. The van der Waals surface area contributed by atoms with Crippen LogP contribution in [-0.4, -0.2) is 99.7 Å². The minimum atomic E-state index is -0.438. The molecule has 0 spiro atoms. The van der Waals surface area contributed by atoms with Crippen molar-refractivity contribution in [2.24, 2.45) is 35.0 Å². The van der Waals surface area contributed by atoms with Crippen molar-refractivity contribution in [2.45, 2.75) is 147 Å². The molecular formula is C36H63N7O. The van der Waals surface area contributed by atoms with E-state index in [9.17, 15) is 10.5 Å². The molecule has 0 aromatic rings. The number of hydrogen-bond acceptors (Lipinski definition) is 4. The second kappa shape index (κ2) is 12.6. The topological polar surface area (TPSA) is 92.9 Å². The lowest BCUT2D eigenvalue weighted by atomic mass is 9.49. The first-order chi connectivity index (χ1) is 21.2. The highest BCUT2D eigenvalue weighted by Crippen LogP contribution is 2.60. The normalized spacial score (nSPS) is 39.2. The summed E-state index contributed by atoms with van der Waals surface area (Å²) in [6.07, 6.45) is 19.5. The highest BCUT2D eigenvalue weighted by molar-refractivity contribution is 5.80. The van der Waals surface area contributed by atoms with E-state index in [1.807, 2.05) is 6.92 Å². The number of aliphatic hydroxyl groups is 1. The molecule has 0 unspecified atom stereocenters. The molecule has 3 saturated heterocycles. The number of hydrogen-bond donors (Lipinski definition) is 4. The fraction of sp³-hybridized carbons (Fsp3) is 0.944. The standard InChI is InChI=1S/C36H63N7O/c1-24(2)12-31-20-39-34(37)41(31)21-30-10-7-11-40(30)33(16-26-8-5-4-6-9-26)42-22-32(25(3)44)43(35(42)38)23-36-17-27-13-28(18-36)15-29(14-27)19-36/h24-33,38,44H,4-23H2,1-3H3,(H2,37,39)/t25-,27?,28?,29?,30+,31-,32+,33-,36?/m1/s1. The van der Waals surface area contributed by atoms with Crippen molar-refractivity contribution in [3.05, 3.63) is 0 Å². The van der Waals surface area contributed by atoms with Gasteiger partial charge in [0.15, 0.2) is 11.9 Å². The van der Waals surface area contributed by atoms with E-state index < -0.39 is 6.10 Å². The van der Waals surface area contributed by atoms with Gasteiger partial charge in [0, 0.05) is 44.8 Å². The van der Waals surface area contributed by atoms with E-state index in [2.05, 4.69) is 38.8 Å². The van der Waals surface area contributed by atoms with Crippen LogP contribution in [0.25, 0.3) is 0 Å². The van der Waals surface area contributed by atoms with Crippen LogP contribution in [0.5, 0.6) is 0 Å². The molecule has 3 aliphatic heterocycles. The molecule has 0 aromatic heterocycles. The van der Waals surface area contributed by atoms with Crippen LogP contribution >= 0.6 is 0 Å². The van der Waals surface area contributed by atoms with Crippen LogP contribution in [0.1, 0.15) is 117 Å². The summed E-state index contributed by atoms with van der Waals surface area (Å²) in [6.45, 7) is 11.2. The zero-order valence-corrected chi connectivity index (χ0v) is 28.2. The molecule has 248 valence electrons. The van der Waals surface area contributed by atoms with Gasteiger partial charge in [-0.3, -0.25) is 15.7 Å². The van der Waals surface area contributed by atoms with Crippen molar-refractivity contribution in [2.75, 3.05) is 32.7 Å². The predicted octanol–water partition coefficient (Wildman–Crippen LogP) is 5.52. The molecule has 8 nitrogen and oxygen atoms in total. The summed E-state index contributed by atoms with van der Waals surface area (Å²) in [4.78, 5) is 10.0. The van der Waals surface area contributed by atoms with Gasteiger partial charge in [0.1, 0.15) is 0 Å². The Morgan fingerprint density at radius 2 is 1.55 bits per heavy atom. The molecule has 0 amide bonds. The molecule has 44 heavy (non-hydrogen) atoms. The third-order valence-corrected chi connectivity index (χ3v) is 13.4. The highest BCUT2D eigenvalue weighted by Gasteiger charge is 2.54. The van der Waals surface area contributed by atoms with Crippen molar-refractivity contribution in [1.29, 1.82) is 10.8 Å². The molecule has 0 aromatic carbocycles. The molecule has 4 N–H and O–H groups in total. The van der Waals surface area contributed by atoms with E-state index in [1.54, 1.807) is 0 Å². The summed E-state index contributed by atoms with van der Waals surface area (Å²) in [6, 6.07) is 0.826. The Labute approximate surface area is 267 Å². The van der Waals surface area contributed by atoms with Crippen molar-refractivity contribution in [3.63, 3.8) is 0 Å². The van der Waals surface area contributed by atoms with Gasteiger partial charge < -0.3 is 25.1 Å². The van der Waals surface area contributed by atoms with Crippen LogP contribution in [0.15, 0.2) is 0 Å². The zero-order valence-electron chi connectivity index (χ0n) is 28.2. The molecular weight excluding hydrogens is 546 g/mol. The second-order valence-electron chi connectivity index (χ2n) is 17.2. The van der Waals surface area contributed by atoms with Crippen LogP contribution in [-0.2, 0) is 0 Å². The average Bonchev–Trinajstić information content (AvgIpc) is 3.66. The minimum Gasteiger partial charge on any atom is -0.391 e. The molecule has 0 radical (unpaired) electrons. The number of nitrogens with one attached hydrogen (secondary N) is 3. The summed E-state index contributed by atoms with van der Waals surface area (Å²) in [5.74, 6) is 5.37. The summed E-state index contributed by atoms with van der Waals surface area (Å²) < 4.78 is 0. The molecule has 8 heteroatoms. The molecule has 4 bridgehead atoms. The van der Waals surface area contributed by atoms with Gasteiger partial charge in [-0.2, -0.15) is 0 Å². The number of likely N-dealkylation sites (tertiary alicyclic amines) is 1. The minimum absolute atomic E-state index is 0.0109. The van der Waals surface area contributed by atoms with Crippen LogP contribution in [0.3, 0.4) is 0 Å². The van der Waals surface area contributed by atoms with E-state index in [1.165, 1.54) is 83.5 Å². The third kappa shape index (κ3) is 6.12. The second-order valence-corrected chi connectivity index (χ2v) is 17.2. The number of nitrogens with zero attached hydrogens (tertiary/aromatic N) is 4. The number of guanidine groups is 2. The van der Waals surface area contributed by atoms with Crippen LogP contribution in [0.4, 0.5) is 0 Å². The first-order valence-electron chi connectivity index (χ1n) is 18.8. The van der Waals surface area contributed by atoms with Gasteiger partial charge in [0.25, 0.3) is 0 Å². The maximum Gasteiger partial charge on any atom is 0.195 e. The molecule has 8 fully saturated rings. The largest absolute Gasteiger partial charge is 0.391 e. The molecule has 8 aliphatic rings. The predicted molar refractivity (Wildman–Crippen MR) is 178 cm³/mol. The Kier molecular flexibility index (Phi) is 8.88. The van der Waals surface area contributed by atoms with Gasteiger partial charge in [-0.1, -0.05) is 46.0 Å². The summed E-state index contributed by atoms with van der Waals surface area (Å²) >= 11 is 0. The Morgan fingerprint density at radius 3 is 2.18 bits per heavy atom. The first kappa shape index (κ1) is 31.1. The molecule has 3 heterocycles. The van der Waals surface area contributed by atoms with E-state index in [-0.39, 0.29) is 12.2 Å². The van der Waals surface area contributed by atoms with Crippen molar-refractivity contribution in [3.8, 4) is 0 Å². The highest BCUT2D eigenvalue weighted by atomic mass is 16.3. The Bertz CT molecular complexity index is 1000. The van der Waals surface area contributed by atoms with Crippen LogP contribution in [0, 0.1) is 45.8 Å². The van der Waals surface area contributed by atoms with Gasteiger partial charge >= 0.3 is 0 Å². The van der Waals surface area contributed by atoms with Crippen molar-refractivity contribution >= 4 is 11.9 Å². The summed E-state index contributed by atoms with van der Waals surface area (Å²) in [5, 5.41) is 33.1. The number of aliphatic hydroxyl groups excluding tert-OH is 1. The number of rotatable bonds is 11. The van der Waals surface area contributed by atoms with Gasteiger partial charge in [0.2, 0.25) is 0 Å². The lowest BCUT2D eigenvalue weighted by Crippen LogP contribution is -2.56. The van der Waals surface area contributed by atoms with Crippen molar-refractivity contribution < 1.29 is 5.11 Å². The fourth-order valence-corrected chi connectivity index (χ4v) is 11.9. The Morgan fingerprint density at radius 1 is 0.864 bits per heavy atom. The van der Waals surface area contributed by atoms with Crippen molar-refractivity contribution in [1.82, 2.24) is 24.9 Å².